The van der Waals surface area contributed by atoms with Gasteiger partial charge in [0, 0.05) is 11.4 Å². The van der Waals surface area contributed by atoms with Crippen molar-refractivity contribution in [2.75, 3.05) is 0 Å². The fourth-order valence-corrected chi connectivity index (χ4v) is 0.796. The molecule has 0 aromatic carbocycles. The zero-order valence-electron chi connectivity index (χ0n) is 9.89. The van der Waals surface area contributed by atoms with Crippen LogP contribution in [-0.2, 0) is 6.42 Å². The zero-order chi connectivity index (χ0) is 10.7. The summed E-state index contributed by atoms with van der Waals surface area (Å²) in [5, 5.41) is 0. The number of nitrogens with zero attached hydrogens (tertiary/aromatic N) is 1. The molecule has 13 heavy (non-hydrogen) atoms. The van der Waals surface area contributed by atoms with E-state index in [0.717, 1.165) is 12.1 Å². The first kappa shape index (κ1) is 14.7. The summed E-state index contributed by atoms with van der Waals surface area (Å²) < 4.78 is 0. The molecule has 0 atom stereocenters. The SMILES string of the molecule is CC.CC.CCc1cccc(C)n1. The minimum Gasteiger partial charge on any atom is -0.258 e. The molecule has 0 radical (unpaired) electrons. The summed E-state index contributed by atoms with van der Waals surface area (Å²) in [4.78, 5) is 4.29. The molecule has 1 heterocycles. The Bertz CT molecular complexity index is 194. The highest BCUT2D eigenvalue weighted by Gasteiger charge is 1.87. The number of hydrogen-bond donors (Lipinski definition) is 0. The maximum atomic E-state index is 4.29. The highest BCUT2D eigenvalue weighted by Crippen LogP contribution is 1.97. The second-order valence-electron chi connectivity index (χ2n) is 2.12. The van der Waals surface area contributed by atoms with Gasteiger partial charge in [-0.25, -0.2) is 0 Å². The van der Waals surface area contributed by atoms with Crippen molar-refractivity contribution in [3.8, 4) is 0 Å². The van der Waals surface area contributed by atoms with Crippen molar-refractivity contribution >= 4 is 0 Å². The van der Waals surface area contributed by atoms with E-state index in [9.17, 15) is 0 Å². The van der Waals surface area contributed by atoms with Crippen molar-refractivity contribution in [3.63, 3.8) is 0 Å². The third-order valence-electron chi connectivity index (χ3n) is 1.31. The highest BCUT2D eigenvalue weighted by molar-refractivity contribution is 5.09. The number of aromatic nitrogens is 1. The van der Waals surface area contributed by atoms with Crippen LogP contribution in [0.25, 0.3) is 0 Å². The van der Waals surface area contributed by atoms with Crippen LogP contribution in [0.1, 0.15) is 46.0 Å². The van der Waals surface area contributed by atoms with E-state index in [1.807, 2.05) is 52.8 Å². The summed E-state index contributed by atoms with van der Waals surface area (Å²) >= 11 is 0. The minimum atomic E-state index is 1.03. The Morgan fingerprint density at radius 1 is 1.08 bits per heavy atom. The van der Waals surface area contributed by atoms with Crippen LogP contribution in [0.3, 0.4) is 0 Å². The molecule has 76 valence electrons. The summed E-state index contributed by atoms with van der Waals surface area (Å²) in [5.41, 5.74) is 2.28. The summed E-state index contributed by atoms with van der Waals surface area (Å²) in [7, 11) is 0. The van der Waals surface area contributed by atoms with Gasteiger partial charge in [-0.1, -0.05) is 40.7 Å². The Balaban J connectivity index is 0. The lowest BCUT2D eigenvalue weighted by atomic mass is 10.3. The maximum absolute atomic E-state index is 4.29. The third-order valence-corrected chi connectivity index (χ3v) is 1.31. The van der Waals surface area contributed by atoms with Crippen molar-refractivity contribution in [3.05, 3.63) is 29.6 Å². The fourth-order valence-electron chi connectivity index (χ4n) is 0.796. The van der Waals surface area contributed by atoms with E-state index in [1.165, 1.54) is 5.69 Å². The van der Waals surface area contributed by atoms with Gasteiger partial charge in [-0.3, -0.25) is 4.98 Å². The van der Waals surface area contributed by atoms with Gasteiger partial charge >= 0.3 is 0 Å². The first-order valence-electron chi connectivity index (χ1n) is 5.25. The molecule has 0 aliphatic carbocycles. The van der Waals surface area contributed by atoms with Crippen molar-refractivity contribution < 1.29 is 0 Å². The number of rotatable bonds is 1. The Kier molecular flexibility index (Phi) is 12.6. The van der Waals surface area contributed by atoms with Crippen LogP contribution in [0.2, 0.25) is 0 Å². The van der Waals surface area contributed by atoms with Crippen LogP contribution in [0.4, 0.5) is 0 Å². The van der Waals surface area contributed by atoms with E-state index >= 15 is 0 Å². The molecule has 1 nitrogen and oxygen atoms in total. The van der Waals surface area contributed by atoms with Crippen LogP contribution < -0.4 is 0 Å². The van der Waals surface area contributed by atoms with Gasteiger partial charge < -0.3 is 0 Å². The summed E-state index contributed by atoms with van der Waals surface area (Å²) in [6.45, 7) is 12.1. The first-order valence-corrected chi connectivity index (χ1v) is 5.25. The molecular weight excluding hydrogens is 158 g/mol. The molecule has 0 aliphatic heterocycles. The predicted octanol–water partition coefficient (Wildman–Crippen LogP) is 4.00. The molecule has 0 unspecified atom stereocenters. The van der Waals surface area contributed by atoms with Crippen molar-refractivity contribution in [1.82, 2.24) is 4.98 Å². The first-order chi connectivity index (χ1) is 6.33. The molecule has 0 spiro atoms. The molecule has 0 fully saturated rings. The second-order valence-corrected chi connectivity index (χ2v) is 2.12. The number of hydrogen-bond acceptors (Lipinski definition) is 1. The maximum Gasteiger partial charge on any atom is 0.0404 e. The van der Waals surface area contributed by atoms with Crippen molar-refractivity contribution in [2.24, 2.45) is 0 Å². The van der Waals surface area contributed by atoms with Crippen LogP contribution in [0.5, 0.6) is 0 Å². The monoisotopic (exact) mass is 181 g/mol. The van der Waals surface area contributed by atoms with Gasteiger partial charge in [-0.15, -0.1) is 0 Å². The average Bonchev–Trinajstić information content (AvgIpc) is 2.24. The molecule has 0 aliphatic rings. The molecule has 0 amide bonds. The van der Waals surface area contributed by atoms with Gasteiger partial charge in [0.05, 0.1) is 0 Å². The molecule has 0 N–H and O–H groups in total. The summed E-state index contributed by atoms with van der Waals surface area (Å²) in [6.07, 6.45) is 1.03. The van der Waals surface area contributed by atoms with E-state index in [4.69, 9.17) is 0 Å². The number of pyridine rings is 1. The lowest BCUT2D eigenvalue weighted by Crippen LogP contribution is -1.87. The molecule has 1 aromatic rings. The summed E-state index contributed by atoms with van der Waals surface area (Å²) in [5.74, 6) is 0. The van der Waals surface area contributed by atoms with E-state index in [1.54, 1.807) is 0 Å². The van der Waals surface area contributed by atoms with Gasteiger partial charge in [-0.05, 0) is 25.5 Å². The highest BCUT2D eigenvalue weighted by atomic mass is 14.7. The largest absolute Gasteiger partial charge is 0.258 e. The Hall–Kier alpha value is -0.850. The third kappa shape index (κ3) is 7.51. The molecular formula is C12H23N. The molecule has 0 bridgehead atoms. The lowest BCUT2D eigenvalue weighted by Gasteiger charge is -1.94. The quantitative estimate of drug-likeness (QED) is 0.638. The second kappa shape index (κ2) is 11.2. The van der Waals surface area contributed by atoms with E-state index in [2.05, 4.69) is 11.9 Å². The van der Waals surface area contributed by atoms with Crippen molar-refractivity contribution in [2.45, 2.75) is 48.0 Å². The lowest BCUT2D eigenvalue weighted by molar-refractivity contribution is 1.01. The Morgan fingerprint density at radius 3 is 1.92 bits per heavy atom. The van der Waals surface area contributed by atoms with Crippen LogP contribution in [0, 0.1) is 6.92 Å². The van der Waals surface area contributed by atoms with E-state index in [-0.39, 0.29) is 0 Å². The van der Waals surface area contributed by atoms with Gasteiger partial charge in [-0.2, -0.15) is 0 Å². The van der Waals surface area contributed by atoms with Gasteiger partial charge in [0.2, 0.25) is 0 Å². The Labute approximate surface area is 83.2 Å². The van der Waals surface area contributed by atoms with E-state index in [0.29, 0.717) is 0 Å². The molecule has 0 saturated carbocycles. The van der Waals surface area contributed by atoms with Crippen LogP contribution in [-0.4, -0.2) is 4.98 Å². The molecule has 0 saturated heterocycles. The zero-order valence-corrected chi connectivity index (χ0v) is 9.89. The molecule has 1 heteroatoms. The summed E-state index contributed by atoms with van der Waals surface area (Å²) in [6, 6.07) is 6.10. The minimum absolute atomic E-state index is 1.03. The van der Waals surface area contributed by atoms with Crippen molar-refractivity contribution in [1.29, 1.82) is 0 Å². The predicted molar refractivity (Wildman–Crippen MR) is 61.0 cm³/mol. The van der Waals surface area contributed by atoms with E-state index < -0.39 is 0 Å². The number of aryl methyl sites for hydroxylation is 2. The van der Waals surface area contributed by atoms with Gasteiger partial charge in [0.15, 0.2) is 0 Å². The topological polar surface area (TPSA) is 12.9 Å². The molecule has 1 rings (SSSR count). The fraction of sp³-hybridized carbons (Fsp3) is 0.583. The molecule has 1 aromatic heterocycles. The van der Waals surface area contributed by atoms with Crippen LogP contribution >= 0.6 is 0 Å². The van der Waals surface area contributed by atoms with Gasteiger partial charge in [0.25, 0.3) is 0 Å². The van der Waals surface area contributed by atoms with Gasteiger partial charge in [0.1, 0.15) is 0 Å². The Morgan fingerprint density at radius 2 is 1.62 bits per heavy atom. The standard InChI is InChI=1S/C8H11N.2C2H6/c1-3-8-6-4-5-7(2)9-8;2*1-2/h4-6H,3H2,1-2H3;2*1-2H3. The normalized spacial score (nSPS) is 7.54. The smallest absolute Gasteiger partial charge is 0.0404 e. The average molecular weight is 181 g/mol. The van der Waals surface area contributed by atoms with Crippen LogP contribution in [0.15, 0.2) is 18.2 Å².